The number of carboxylic acids is 1. The van der Waals surface area contributed by atoms with Crippen LogP contribution in [-0.4, -0.2) is 53.7 Å². The van der Waals surface area contributed by atoms with Gasteiger partial charge in [0.05, 0.1) is 13.5 Å². The second-order valence-corrected chi connectivity index (χ2v) is 6.29. The molecule has 7 heteroatoms. The molecule has 0 unspecified atom stereocenters. The van der Waals surface area contributed by atoms with Crippen LogP contribution in [0, 0.1) is 0 Å². The molecule has 2 amide bonds. The predicted octanol–water partition coefficient (Wildman–Crippen LogP) is 2.54. The van der Waals surface area contributed by atoms with Crippen LogP contribution in [0.3, 0.4) is 0 Å². The van der Waals surface area contributed by atoms with E-state index in [1.165, 1.54) is 10.9 Å². The van der Waals surface area contributed by atoms with E-state index in [4.69, 9.17) is 9.84 Å². The summed E-state index contributed by atoms with van der Waals surface area (Å²) in [6, 6.07) is 5.82. The van der Waals surface area contributed by atoms with Crippen molar-refractivity contribution in [3.8, 4) is 5.75 Å². The Kier molecular flexibility index (Phi) is 5.11. The first kappa shape index (κ1) is 17.1. The fourth-order valence-corrected chi connectivity index (χ4v) is 3.37. The largest absolute Gasteiger partial charge is 0.497 e. The highest BCUT2D eigenvalue weighted by molar-refractivity contribution is 5.85. The van der Waals surface area contributed by atoms with Crippen LogP contribution in [0.25, 0.3) is 10.9 Å². The number of carbonyl (C=O) groups is 2. The van der Waals surface area contributed by atoms with Crippen molar-refractivity contribution in [2.45, 2.75) is 25.2 Å². The molecule has 7 nitrogen and oxygen atoms in total. The summed E-state index contributed by atoms with van der Waals surface area (Å²) in [6.45, 7) is 1.50. The fraction of sp³-hybridized carbons (Fsp3) is 0.444. The quantitative estimate of drug-likeness (QED) is 0.776. The molecule has 0 bridgehead atoms. The van der Waals surface area contributed by atoms with Crippen molar-refractivity contribution in [2.24, 2.45) is 0 Å². The molecule has 2 heterocycles. The van der Waals surface area contributed by atoms with Gasteiger partial charge in [0.2, 0.25) is 0 Å². The maximum atomic E-state index is 12.1. The number of piperidine rings is 1. The molecule has 0 aliphatic carbocycles. The fourth-order valence-electron chi connectivity index (χ4n) is 3.37. The van der Waals surface area contributed by atoms with Gasteiger partial charge >= 0.3 is 12.0 Å². The van der Waals surface area contributed by atoms with Crippen molar-refractivity contribution in [3.63, 3.8) is 0 Å². The van der Waals surface area contributed by atoms with Crippen molar-refractivity contribution >= 4 is 22.9 Å². The molecular weight excluding hydrogens is 322 g/mol. The molecule has 0 spiro atoms. The van der Waals surface area contributed by atoms with E-state index in [1.54, 1.807) is 12.0 Å². The van der Waals surface area contributed by atoms with Gasteiger partial charge in [-0.05, 0) is 42.5 Å². The van der Waals surface area contributed by atoms with Gasteiger partial charge in [0, 0.05) is 36.7 Å². The standard InChI is InChI=1S/C18H23N3O4/c1-25-13-2-3-16-14(10-13)15(11-20-16)12-5-8-21(9-6-12)18(24)19-7-4-17(22)23/h2-3,10-12,20H,4-9H2,1H3,(H,19,24)(H,22,23). The number of aliphatic carboxylic acids is 1. The van der Waals surface area contributed by atoms with E-state index in [9.17, 15) is 9.59 Å². The topological polar surface area (TPSA) is 94.7 Å². The highest BCUT2D eigenvalue weighted by Gasteiger charge is 2.25. The number of urea groups is 1. The van der Waals surface area contributed by atoms with Gasteiger partial charge in [-0.2, -0.15) is 0 Å². The summed E-state index contributed by atoms with van der Waals surface area (Å²) in [6.07, 6.45) is 3.77. The number of hydrogen-bond donors (Lipinski definition) is 3. The van der Waals surface area contributed by atoms with Gasteiger partial charge in [-0.3, -0.25) is 4.79 Å². The minimum atomic E-state index is -0.909. The average Bonchev–Trinajstić information content (AvgIpc) is 3.04. The number of carbonyl (C=O) groups excluding carboxylic acids is 1. The summed E-state index contributed by atoms with van der Waals surface area (Å²) in [5.41, 5.74) is 2.35. The number of nitrogens with one attached hydrogen (secondary N) is 2. The lowest BCUT2D eigenvalue weighted by Crippen LogP contribution is -2.44. The number of aromatic amines is 1. The molecular formula is C18H23N3O4. The average molecular weight is 345 g/mol. The van der Waals surface area contributed by atoms with E-state index in [2.05, 4.69) is 16.5 Å². The molecule has 0 saturated carbocycles. The summed E-state index contributed by atoms with van der Waals surface area (Å²) >= 11 is 0. The van der Waals surface area contributed by atoms with E-state index in [0.717, 1.165) is 24.1 Å². The Balaban J connectivity index is 1.61. The second kappa shape index (κ2) is 7.46. The van der Waals surface area contributed by atoms with Gasteiger partial charge in [-0.15, -0.1) is 0 Å². The van der Waals surface area contributed by atoms with E-state index in [-0.39, 0.29) is 19.0 Å². The molecule has 1 aromatic heterocycles. The third kappa shape index (κ3) is 3.87. The number of ether oxygens (including phenoxy) is 1. The van der Waals surface area contributed by atoms with Gasteiger partial charge in [0.1, 0.15) is 5.75 Å². The molecule has 1 aliphatic heterocycles. The van der Waals surface area contributed by atoms with Crippen LogP contribution in [0.1, 0.15) is 30.7 Å². The van der Waals surface area contributed by atoms with Crippen molar-refractivity contribution in [1.29, 1.82) is 0 Å². The number of rotatable bonds is 5. The van der Waals surface area contributed by atoms with Crippen molar-refractivity contribution in [3.05, 3.63) is 30.0 Å². The third-order valence-electron chi connectivity index (χ3n) is 4.76. The number of benzene rings is 1. The Morgan fingerprint density at radius 2 is 2.12 bits per heavy atom. The number of H-pyrrole nitrogens is 1. The SMILES string of the molecule is COc1ccc2[nH]cc(C3CCN(C(=O)NCCC(=O)O)CC3)c2c1. The monoisotopic (exact) mass is 345 g/mol. The molecule has 1 aromatic carbocycles. The highest BCUT2D eigenvalue weighted by atomic mass is 16.5. The number of likely N-dealkylation sites (tertiary alicyclic amines) is 1. The Labute approximate surface area is 146 Å². The number of methoxy groups -OCH3 is 1. The van der Waals surface area contributed by atoms with Gasteiger partial charge in [-0.1, -0.05) is 0 Å². The Morgan fingerprint density at radius 1 is 1.36 bits per heavy atom. The molecule has 3 rings (SSSR count). The maximum Gasteiger partial charge on any atom is 0.317 e. The molecule has 3 N–H and O–H groups in total. The van der Waals surface area contributed by atoms with Gasteiger partial charge < -0.3 is 25.0 Å². The molecule has 1 aliphatic rings. The number of fused-ring (bicyclic) bond motifs is 1. The second-order valence-electron chi connectivity index (χ2n) is 6.29. The van der Waals surface area contributed by atoms with E-state index < -0.39 is 5.97 Å². The van der Waals surface area contributed by atoms with Crippen LogP contribution < -0.4 is 10.1 Å². The number of aromatic nitrogens is 1. The zero-order valence-electron chi connectivity index (χ0n) is 14.2. The van der Waals surface area contributed by atoms with Gasteiger partial charge in [-0.25, -0.2) is 4.79 Å². The summed E-state index contributed by atoms with van der Waals surface area (Å²) in [5, 5.41) is 12.5. The summed E-state index contributed by atoms with van der Waals surface area (Å²) in [5.74, 6) is 0.321. The smallest absolute Gasteiger partial charge is 0.317 e. The van der Waals surface area contributed by atoms with E-state index >= 15 is 0 Å². The summed E-state index contributed by atoms with van der Waals surface area (Å²) in [7, 11) is 1.66. The Bertz CT molecular complexity index is 763. The normalized spacial score (nSPS) is 15.3. The maximum absolute atomic E-state index is 12.1. The van der Waals surface area contributed by atoms with Crippen LogP contribution >= 0.6 is 0 Å². The summed E-state index contributed by atoms with van der Waals surface area (Å²) in [4.78, 5) is 27.6. The first-order chi connectivity index (χ1) is 12.1. The molecule has 1 saturated heterocycles. The zero-order valence-corrected chi connectivity index (χ0v) is 14.2. The van der Waals surface area contributed by atoms with Crippen molar-refractivity contribution < 1.29 is 19.4 Å². The van der Waals surface area contributed by atoms with Crippen LogP contribution in [0.15, 0.2) is 24.4 Å². The van der Waals surface area contributed by atoms with Crippen LogP contribution in [0.2, 0.25) is 0 Å². The Morgan fingerprint density at radius 3 is 2.80 bits per heavy atom. The van der Waals surface area contributed by atoms with Crippen LogP contribution in [-0.2, 0) is 4.79 Å². The van der Waals surface area contributed by atoms with Gasteiger partial charge in [0.15, 0.2) is 0 Å². The molecule has 1 fully saturated rings. The van der Waals surface area contributed by atoms with Gasteiger partial charge in [0.25, 0.3) is 0 Å². The van der Waals surface area contributed by atoms with Crippen LogP contribution in [0.5, 0.6) is 5.75 Å². The third-order valence-corrected chi connectivity index (χ3v) is 4.76. The summed E-state index contributed by atoms with van der Waals surface area (Å²) < 4.78 is 5.32. The minimum Gasteiger partial charge on any atom is -0.497 e. The van der Waals surface area contributed by atoms with Crippen molar-refractivity contribution in [2.75, 3.05) is 26.7 Å². The number of hydrogen-bond acceptors (Lipinski definition) is 3. The number of amides is 2. The van der Waals surface area contributed by atoms with E-state index in [0.29, 0.717) is 19.0 Å². The highest BCUT2D eigenvalue weighted by Crippen LogP contribution is 2.34. The predicted molar refractivity (Wildman–Crippen MR) is 94.1 cm³/mol. The first-order valence-electron chi connectivity index (χ1n) is 8.48. The lowest BCUT2D eigenvalue weighted by molar-refractivity contribution is -0.136. The molecule has 0 atom stereocenters. The van der Waals surface area contributed by atoms with E-state index in [1.807, 2.05) is 18.2 Å². The minimum absolute atomic E-state index is 0.0562. The lowest BCUT2D eigenvalue weighted by Gasteiger charge is -2.32. The zero-order chi connectivity index (χ0) is 17.8. The van der Waals surface area contributed by atoms with Crippen LogP contribution in [0.4, 0.5) is 4.79 Å². The first-order valence-corrected chi connectivity index (χ1v) is 8.48. The molecule has 134 valence electrons. The van der Waals surface area contributed by atoms with Crippen molar-refractivity contribution in [1.82, 2.24) is 15.2 Å². The molecule has 25 heavy (non-hydrogen) atoms. The molecule has 0 radical (unpaired) electrons. The number of carboxylic acid groups (broad SMARTS) is 1. The Hall–Kier alpha value is -2.70. The number of nitrogens with zero attached hydrogens (tertiary/aromatic N) is 1. The lowest BCUT2D eigenvalue weighted by atomic mass is 9.89. The molecule has 2 aromatic rings.